The zero-order valence-electron chi connectivity index (χ0n) is 16.1. The number of ether oxygens (including phenoxy) is 3. The molecule has 2 rings (SSSR count). The topological polar surface area (TPSA) is 69.2 Å². The standard InChI is InChI=1S/C20H22BrClN2O4/c1-5-27-18-9-13(8-16(21)19(18)28-12(2)3)11-23-24-20(25)15-10-14(22)6-7-17(15)26-4/h6-12H,5H2,1-4H3,(H,24,25). The molecule has 0 aliphatic carbocycles. The van der Waals surface area contributed by atoms with E-state index in [2.05, 4.69) is 26.5 Å². The van der Waals surface area contributed by atoms with Gasteiger partial charge in [-0.25, -0.2) is 5.43 Å². The summed E-state index contributed by atoms with van der Waals surface area (Å²) in [6.07, 6.45) is 1.52. The SMILES string of the molecule is CCOc1cc(C=NNC(=O)c2cc(Cl)ccc2OC)cc(Br)c1OC(C)C. The fourth-order valence-electron chi connectivity index (χ4n) is 2.36. The predicted molar refractivity (Wildman–Crippen MR) is 114 cm³/mol. The molecule has 0 saturated carbocycles. The van der Waals surface area contributed by atoms with Crippen LogP contribution in [-0.2, 0) is 0 Å². The minimum atomic E-state index is -0.431. The number of halogens is 2. The van der Waals surface area contributed by atoms with Gasteiger partial charge in [0.05, 0.1) is 36.1 Å². The number of hydrogen-bond donors (Lipinski definition) is 1. The lowest BCUT2D eigenvalue weighted by atomic mass is 10.2. The Hall–Kier alpha value is -2.25. The first kappa shape index (κ1) is 22.0. The zero-order valence-corrected chi connectivity index (χ0v) is 18.4. The molecule has 0 aliphatic rings. The van der Waals surface area contributed by atoms with Gasteiger partial charge in [-0.1, -0.05) is 11.6 Å². The van der Waals surface area contributed by atoms with Gasteiger partial charge in [0.2, 0.25) is 0 Å². The van der Waals surface area contributed by atoms with Crippen molar-refractivity contribution in [3.05, 3.63) is 51.0 Å². The molecule has 0 unspecified atom stereocenters. The molecule has 0 spiro atoms. The van der Waals surface area contributed by atoms with Crippen molar-refractivity contribution in [3.63, 3.8) is 0 Å². The van der Waals surface area contributed by atoms with Crippen LogP contribution in [-0.4, -0.2) is 31.9 Å². The molecule has 8 heteroatoms. The van der Waals surface area contributed by atoms with E-state index in [1.165, 1.54) is 19.4 Å². The lowest BCUT2D eigenvalue weighted by Crippen LogP contribution is -2.18. The molecule has 150 valence electrons. The van der Waals surface area contributed by atoms with Crippen molar-refractivity contribution in [2.75, 3.05) is 13.7 Å². The maximum Gasteiger partial charge on any atom is 0.275 e. The van der Waals surface area contributed by atoms with Gasteiger partial charge in [0.15, 0.2) is 11.5 Å². The van der Waals surface area contributed by atoms with Crippen molar-refractivity contribution >= 4 is 39.7 Å². The van der Waals surface area contributed by atoms with E-state index in [-0.39, 0.29) is 6.10 Å². The fraction of sp³-hybridized carbons (Fsp3) is 0.300. The minimum Gasteiger partial charge on any atom is -0.496 e. The molecule has 28 heavy (non-hydrogen) atoms. The summed E-state index contributed by atoms with van der Waals surface area (Å²) >= 11 is 9.45. The van der Waals surface area contributed by atoms with Crippen molar-refractivity contribution < 1.29 is 19.0 Å². The highest BCUT2D eigenvalue weighted by molar-refractivity contribution is 9.10. The molecule has 0 aromatic heterocycles. The molecule has 2 aromatic carbocycles. The number of nitrogens with zero attached hydrogens (tertiary/aromatic N) is 1. The Morgan fingerprint density at radius 3 is 2.68 bits per heavy atom. The van der Waals surface area contributed by atoms with Crippen LogP contribution < -0.4 is 19.6 Å². The number of hydrogen-bond acceptors (Lipinski definition) is 5. The van der Waals surface area contributed by atoms with Crippen molar-refractivity contribution in [3.8, 4) is 17.2 Å². The number of amides is 1. The van der Waals surface area contributed by atoms with Crippen LogP contribution >= 0.6 is 27.5 Å². The lowest BCUT2D eigenvalue weighted by molar-refractivity contribution is 0.0952. The van der Waals surface area contributed by atoms with Crippen LogP contribution in [0.3, 0.4) is 0 Å². The monoisotopic (exact) mass is 468 g/mol. The summed E-state index contributed by atoms with van der Waals surface area (Å²) in [7, 11) is 1.48. The number of nitrogens with one attached hydrogen (secondary N) is 1. The maximum absolute atomic E-state index is 12.4. The molecule has 2 aromatic rings. The number of carbonyl (C=O) groups excluding carboxylic acids is 1. The second-order valence-electron chi connectivity index (χ2n) is 5.97. The molecule has 0 heterocycles. The van der Waals surface area contributed by atoms with E-state index < -0.39 is 5.91 Å². The van der Waals surface area contributed by atoms with Gasteiger partial charge < -0.3 is 14.2 Å². The van der Waals surface area contributed by atoms with Gasteiger partial charge in [-0.3, -0.25) is 4.79 Å². The second kappa shape index (κ2) is 10.3. The second-order valence-corrected chi connectivity index (χ2v) is 7.26. The van der Waals surface area contributed by atoms with Crippen LogP contribution in [0, 0.1) is 0 Å². The molecule has 0 atom stereocenters. The Balaban J connectivity index is 2.20. The normalized spacial score (nSPS) is 11.0. The van der Waals surface area contributed by atoms with Crippen LogP contribution in [0.15, 0.2) is 39.9 Å². The van der Waals surface area contributed by atoms with Crippen molar-refractivity contribution in [2.24, 2.45) is 5.10 Å². The van der Waals surface area contributed by atoms with Crippen molar-refractivity contribution in [1.29, 1.82) is 0 Å². The van der Waals surface area contributed by atoms with Gasteiger partial charge in [-0.05, 0) is 72.6 Å². The first-order valence-corrected chi connectivity index (χ1v) is 9.82. The summed E-state index contributed by atoms with van der Waals surface area (Å²) in [6, 6.07) is 8.42. The Morgan fingerprint density at radius 2 is 2.04 bits per heavy atom. The van der Waals surface area contributed by atoms with Crippen LogP contribution in [0.5, 0.6) is 17.2 Å². The molecule has 0 saturated heterocycles. The van der Waals surface area contributed by atoms with E-state index in [1.807, 2.05) is 26.8 Å². The average molecular weight is 470 g/mol. The summed E-state index contributed by atoms with van der Waals surface area (Å²) in [5.41, 5.74) is 3.49. The third-order valence-corrected chi connectivity index (χ3v) is 4.30. The predicted octanol–water partition coefficient (Wildman–Crippen LogP) is 5.06. The molecule has 0 radical (unpaired) electrons. The third-order valence-electron chi connectivity index (χ3n) is 3.47. The summed E-state index contributed by atoms with van der Waals surface area (Å²) in [5, 5.41) is 4.45. The molecular weight excluding hydrogens is 448 g/mol. The summed E-state index contributed by atoms with van der Waals surface area (Å²) in [4.78, 5) is 12.4. The van der Waals surface area contributed by atoms with Crippen LogP contribution in [0.2, 0.25) is 5.02 Å². The van der Waals surface area contributed by atoms with Gasteiger partial charge in [0.25, 0.3) is 5.91 Å². The zero-order chi connectivity index (χ0) is 20.7. The van der Waals surface area contributed by atoms with Gasteiger partial charge in [0.1, 0.15) is 5.75 Å². The van der Waals surface area contributed by atoms with E-state index in [0.717, 1.165) is 10.0 Å². The average Bonchev–Trinajstić information content (AvgIpc) is 2.64. The molecule has 1 N–H and O–H groups in total. The number of rotatable bonds is 8. The fourth-order valence-corrected chi connectivity index (χ4v) is 3.08. The maximum atomic E-state index is 12.4. The molecule has 0 fully saturated rings. The van der Waals surface area contributed by atoms with E-state index >= 15 is 0 Å². The Kier molecular flexibility index (Phi) is 8.14. The quantitative estimate of drug-likeness (QED) is 0.433. The molecule has 1 amide bonds. The largest absolute Gasteiger partial charge is 0.496 e. The minimum absolute atomic E-state index is 0.00184. The van der Waals surface area contributed by atoms with Crippen molar-refractivity contribution in [2.45, 2.75) is 26.9 Å². The highest BCUT2D eigenvalue weighted by atomic mass is 79.9. The smallest absolute Gasteiger partial charge is 0.275 e. The summed E-state index contributed by atoms with van der Waals surface area (Å²) in [6.45, 7) is 6.27. The van der Waals surface area contributed by atoms with Crippen molar-refractivity contribution in [1.82, 2.24) is 5.43 Å². The number of hydrazone groups is 1. The highest BCUT2D eigenvalue weighted by Gasteiger charge is 2.14. The first-order valence-electron chi connectivity index (χ1n) is 8.65. The van der Waals surface area contributed by atoms with Crippen LogP contribution in [0.1, 0.15) is 36.7 Å². The van der Waals surface area contributed by atoms with Crippen LogP contribution in [0.4, 0.5) is 0 Å². The van der Waals surface area contributed by atoms with Gasteiger partial charge in [-0.2, -0.15) is 5.10 Å². The molecule has 6 nitrogen and oxygen atoms in total. The van der Waals surface area contributed by atoms with E-state index in [0.29, 0.717) is 34.4 Å². The number of benzene rings is 2. The van der Waals surface area contributed by atoms with E-state index in [9.17, 15) is 4.79 Å². The lowest BCUT2D eigenvalue weighted by Gasteiger charge is -2.16. The number of carbonyl (C=O) groups is 1. The summed E-state index contributed by atoms with van der Waals surface area (Å²) < 4.78 is 17.4. The van der Waals surface area contributed by atoms with E-state index in [4.69, 9.17) is 25.8 Å². The van der Waals surface area contributed by atoms with Crippen LogP contribution in [0.25, 0.3) is 0 Å². The van der Waals surface area contributed by atoms with Gasteiger partial charge in [0, 0.05) is 5.02 Å². The highest BCUT2D eigenvalue weighted by Crippen LogP contribution is 2.37. The third kappa shape index (κ3) is 5.87. The molecular formula is C20H22BrClN2O4. The summed E-state index contributed by atoms with van der Waals surface area (Å²) in [5.74, 6) is 1.20. The molecule has 0 bridgehead atoms. The molecule has 0 aliphatic heterocycles. The Bertz CT molecular complexity index is 872. The Morgan fingerprint density at radius 1 is 1.29 bits per heavy atom. The first-order chi connectivity index (χ1) is 13.3. The van der Waals surface area contributed by atoms with E-state index in [1.54, 1.807) is 18.2 Å². The Labute approximate surface area is 177 Å². The number of methoxy groups -OCH3 is 1. The van der Waals surface area contributed by atoms with Gasteiger partial charge in [-0.15, -0.1) is 0 Å². The van der Waals surface area contributed by atoms with Gasteiger partial charge >= 0.3 is 0 Å².